The first-order valence-corrected chi connectivity index (χ1v) is 10.00. The zero-order valence-corrected chi connectivity index (χ0v) is 11.5. The van der Waals surface area contributed by atoms with Crippen molar-refractivity contribution in [3.8, 4) is 0 Å². The molecule has 0 aliphatic heterocycles. The van der Waals surface area contributed by atoms with E-state index in [1.54, 1.807) is 0 Å². The molecule has 0 spiro atoms. The molecule has 0 atom stereocenters. The Balaban J connectivity index is 4.53. The Bertz CT molecular complexity index is 166. The highest BCUT2D eigenvalue weighted by Crippen LogP contribution is 2.05. The largest absolute Gasteiger partial charge is 0.663 e. The first-order valence-electron chi connectivity index (χ1n) is 3.33. The molecule has 0 fully saturated rings. The Morgan fingerprint density at radius 3 is 0.812 bits per heavy atom. The van der Waals surface area contributed by atoms with Crippen molar-refractivity contribution >= 4 is 36.7 Å². The molecule has 0 aromatic heterocycles. The second-order valence-electron chi connectivity index (χ2n) is 2.36. The maximum Gasteiger partial charge on any atom is 0.663 e. The van der Waals surface area contributed by atoms with Crippen molar-refractivity contribution in [3.63, 3.8) is 0 Å². The minimum atomic E-state index is -5.23. The molecule has 0 saturated heterocycles. The van der Waals surface area contributed by atoms with Crippen LogP contribution in [0.3, 0.4) is 0 Å². The Labute approximate surface area is 92.8 Å². The van der Waals surface area contributed by atoms with E-state index in [0.29, 0.717) is 0 Å². The van der Waals surface area contributed by atoms with Crippen molar-refractivity contribution in [2.45, 2.75) is 0 Å². The second kappa shape index (κ2) is 5.36. The van der Waals surface area contributed by atoms with Gasteiger partial charge in [0.05, 0.1) is 0 Å². The summed E-state index contributed by atoms with van der Waals surface area (Å²) in [6.07, 6.45) is 0. The van der Waals surface area contributed by atoms with Crippen molar-refractivity contribution < 1.29 is 55.5 Å². The highest BCUT2D eigenvalue weighted by atomic mass is 28.5. The molecular formula is H10O12Si4. The summed E-state index contributed by atoms with van der Waals surface area (Å²) < 4.78 is 11.4. The van der Waals surface area contributed by atoms with E-state index in [9.17, 15) is 0 Å². The van der Waals surface area contributed by atoms with Gasteiger partial charge in [-0.25, -0.2) is 0 Å². The van der Waals surface area contributed by atoms with Gasteiger partial charge in [-0.2, -0.15) is 0 Å². The molecule has 0 rings (SSSR count). The summed E-state index contributed by atoms with van der Waals surface area (Å²) in [6.45, 7) is 0. The van der Waals surface area contributed by atoms with Crippen LogP contribution in [-0.4, -0.2) is 79.8 Å². The van der Waals surface area contributed by atoms with Crippen molar-refractivity contribution in [3.05, 3.63) is 0 Å². The molecule has 0 heterocycles. The lowest BCUT2D eigenvalue weighted by Crippen LogP contribution is -2.57. The number of hydrogen-bond acceptors (Lipinski definition) is 12. The molecule has 0 aromatic carbocycles. The fourth-order valence-electron chi connectivity index (χ4n) is 0.459. The minimum Gasteiger partial charge on any atom is -0.368 e. The maximum absolute atomic E-state index is 8.43. The van der Waals surface area contributed by atoms with E-state index in [4.69, 9.17) is 43.2 Å². The predicted octanol–water partition coefficient (Wildman–Crippen LogP) is -7.01. The van der Waals surface area contributed by atoms with Gasteiger partial charge in [-0.05, 0) is 0 Å². The van der Waals surface area contributed by atoms with Crippen LogP contribution < -0.4 is 0 Å². The van der Waals surface area contributed by atoms with Gasteiger partial charge in [0.15, 0.2) is 0 Å². The van der Waals surface area contributed by atoms with Crippen molar-refractivity contribution in [2.75, 3.05) is 0 Å². The van der Waals surface area contributed by atoms with Crippen LogP contribution in [0.4, 0.5) is 0 Å². The van der Waals surface area contributed by atoms with Gasteiger partial charge >= 0.3 is 36.7 Å². The minimum absolute atomic E-state index is 3.80. The van der Waals surface area contributed by atoms with Gasteiger partial charge in [0, 0.05) is 0 Å². The van der Waals surface area contributed by atoms with E-state index in [1.165, 1.54) is 0 Å². The van der Waals surface area contributed by atoms with E-state index in [2.05, 4.69) is 12.3 Å². The van der Waals surface area contributed by atoms with Crippen molar-refractivity contribution in [1.82, 2.24) is 0 Å². The molecule has 9 N–H and O–H groups in total. The molecule has 0 radical (unpaired) electrons. The quantitative estimate of drug-likeness (QED) is 0.209. The standard InChI is InChI=1S/H10O12Si4/c1-14(2,3)10-13(11-15(4,5)6)12-16(7,8)9/h1-9,13H. The van der Waals surface area contributed by atoms with Crippen molar-refractivity contribution in [1.29, 1.82) is 0 Å². The first-order chi connectivity index (χ1) is 6.79. The van der Waals surface area contributed by atoms with E-state index >= 15 is 0 Å². The van der Waals surface area contributed by atoms with Crippen molar-refractivity contribution in [2.24, 2.45) is 0 Å². The molecule has 0 unspecified atom stereocenters. The summed E-state index contributed by atoms with van der Waals surface area (Å²) in [6, 6.07) is 0. The zero-order chi connectivity index (χ0) is 13.2. The lowest BCUT2D eigenvalue weighted by molar-refractivity contribution is 0.0427. The molecule has 0 saturated carbocycles. The monoisotopic (exact) mass is 314 g/mol. The molecule has 0 amide bonds. The number of rotatable bonds is 6. The number of hydrogen-bond donors (Lipinski definition) is 9. The molecule has 98 valence electrons. The van der Waals surface area contributed by atoms with Gasteiger partial charge in [-0.1, -0.05) is 0 Å². The van der Waals surface area contributed by atoms with Crippen LogP contribution in [0.25, 0.3) is 0 Å². The summed E-state index contributed by atoms with van der Waals surface area (Å²) in [5.74, 6) is 0. The summed E-state index contributed by atoms with van der Waals surface area (Å²) in [4.78, 5) is 75.8. The molecule has 0 aliphatic rings. The Morgan fingerprint density at radius 2 is 0.688 bits per heavy atom. The second-order valence-corrected chi connectivity index (χ2v) is 9.21. The molecule has 16 heteroatoms. The third-order valence-electron chi connectivity index (χ3n) is 0.763. The van der Waals surface area contributed by atoms with Gasteiger partial charge in [-0.15, -0.1) is 0 Å². The Kier molecular flexibility index (Phi) is 5.49. The van der Waals surface area contributed by atoms with E-state index in [1.807, 2.05) is 0 Å². The molecule has 0 aliphatic carbocycles. The Morgan fingerprint density at radius 1 is 0.500 bits per heavy atom. The van der Waals surface area contributed by atoms with Crippen LogP contribution in [0.15, 0.2) is 0 Å². The van der Waals surface area contributed by atoms with Crippen LogP contribution in [0.5, 0.6) is 0 Å². The lowest BCUT2D eigenvalue weighted by Gasteiger charge is -2.23. The normalized spacial score (nSPS) is 14.6. The third-order valence-corrected chi connectivity index (χ3v) is 6.87. The molecular weight excluding hydrogens is 304 g/mol. The average molecular weight is 314 g/mol. The maximum atomic E-state index is 8.43. The summed E-state index contributed by atoms with van der Waals surface area (Å²) in [5, 5.41) is 0. The SMILES string of the molecule is O[Si](O)(O)O[SiH](O[Si](O)(O)O)O[Si](O)(O)O. The first kappa shape index (κ1) is 16.4. The lowest BCUT2D eigenvalue weighted by atomic mass is 15.6. The summed E-state index contributed by atoms with van der Waals surface area (Å²) >= 11 is 0. The van der Waals surface area contributed by atoms with E-state index in [-0.39, 0.29) is 0 Å². The molecule has 16 heavy (non-hydrogen) atoms. The van der Waals surface area contributed by atoms with Gasteiger partial charge < -0.3 is 55.5 Å². The summed E-state index contributed by atoms with van der Waals surface area (Å²) in [7, 11) is -19.9. The highest BCUT2D eigenvalue weighted by Gasteiger charge is 2.48. The fourth-order valence-corrected chi connectivity index (χ4v) is 5.43. The molecule has 0 bridgehead atoms. The van der Waals surface area contributed by atoms with E-state index < -0.39 is 36.7 Å². The topological polar surface area (TPSA) is 210 Å². The van der Waals surface area contributed by atoms with Gasteiger partial charge in [0.1, 0.15) is 0 Å². The third kappa shape index (κ3) is 10.9. The molecule has 0 aromatic rings. The Hall–Kier alpha value is 0.388. The van der Waals surface area contributed by atoms with Crippen LogP contribution in [0, 0.1) is 0 Å². The smallest absolute Gasteiger partial charge is 0.368 e. The predicted molar refractivity (Wildman–Crippen MR) is 47.6 cm³/mol. The van der Waals surface area contributed by atoms with E-state index in [0.717, 1.165) is 0 Å². The fraction of sp³-hybridized carbons (Fsp3) is 0. The van der Waals surface area contributed by atoms with Crippen LogP contribution >= 0.6 is 0 Å². The van der Waals surface area contributed by atoms with Crippen LogP contribution in [0.2, 0.25) is 0 Å². The van der Waals surface area contributed by atoms with Crippen LogP contribution in [-0.2, 0) is 12.3 Å². The zero-order valence-electron chi connectivity index (χ0n) is 7.33. The van der Waals surface area contributed by atoms with Gasteiger partial charge in [-0.3, -0.25) is 0 Å². The average Bonchev–Trinajstić information content (AvgIpc) is 1.70. The summed E-state index contributed by atoms with van der Waals surface area (Å²) in [5.41, 5.74) is 0. The highest BCUT2D eigenvalue weighted by molar-refractivity contribution is 6.69. The van der Waals surface area contributed by atoms with Gasteiger partial charge in [0.2, 0.25) is 0 Å². The van der Waals surface area contributed by atoms with Crippen LogP contribution in [0.1, 0.15) is 0 Å². The van der Waals surface area contributed by atoms with Gasteiger partial charge in [0.25, 0.3) is 0 Å². The molecule has 12 nitrogen and oxygen atoms in total.